The van der Waals surface area contributed by atoms with E-state index in [1.807, 2.05) is 19.1 Å². The van der Waals surface area contributed by atoms with Crippen molar-refractivity contribution < 1.29 is 18.7 Å². The van der Waals surface area contributed by atoms with Crippen LogP contribution >= 0.6 is 11.8 Å². The van der Waals surface area contributed by atoms with Gasteiger partial charge in [0, 0.05) is 0 Å². The van der Waals surface area contributed by atoms with Gasteiger partial charge in [-0.05, 0) is 66.7 Å². The molecule has 1 saturated heterocycles. The SMILES string of the molecule is C=CCOc1ccc(C=C2SC(=Nc3ccc(F)cc3)NC2=O)cc1OCC. The molecule has 0 aromatic heterocycles. The number of aliphatic imine (C=N–C) groups is 1. The Morgan fingerprint density at radius 3 is 2.68 bits per heavy atom. The Bertz CT molecular complexity index is 939. The zero-order chi connectivity index (χ0) is 19.9. The highest BCUT2D eigenvalue weighted by molar-refractivity contribution is 8.18. The van der Waals surface area contributed by atoms with Crippen LogP contribution in [0.1, 0.15) is 12.5 Å². The van der Waals surface area contributed by atoms with Crippen LogP contribution in [0.3, 0.4) is 0 Å². The van der Waals surface area contributed by atoms with Crippen molar-refractivity contribution in [2.24, 2.45) is 4.99 Å². The van der Waals surface area contributed by atoms with Crippen LogP contribution in [0.25, 0.3) is 6.08 Å². The third kappa shape index (κ3) is 5.01. The number of rotatable bonds is 7. The number of benzene rings is 2. The van der Waals surface area contributed by atoms with Gasteiger partial charge in [-0.2, -0.15) is 0 Å². The fourth-order valence-electron chi connectivity index (χ4n) is 2.42. The minimum Gasteiger partial charge on any atom is -0.490 e. The summed E-state index contributed by atoms with van der Waals surface area (Å²) in [5.41, 5.74) is 1.36. The van der Waals surface area contributed by atoms with E-state index >= 15 is 0 Å². The predicted octanol–water partition coefficient (Wildman–Crippen LogP) is 4.68. The molecular weight excluding hydrogens is 379 g/mol. The van der Waals surface area contributed by atoms with Gasteiger partial charge in [0.25, 0.3) is 5.91 Å². The minimum atomic E-state index is -0.335. The van der Waals surface area contributed by atoms with Crippen molar-refractivity contribution in [1.82, 2.24) is 5.32 Å². The number of hydrogen-bond donors (Lipinski definition) is 1. The Morgan fingerprint density at radius 2 is 1.96 bits per heavy atom. The smallest absolute Gasteiger partial charge is 0.264 e. The monoisotopic (exact) mass is 398 g/mol. The first kappa shape index (κ1) is 19.7. The molecule has 0 aliphatic carbocycles. The Kier molecular flexibility index (Phi) is 6.49. The summed E-state index contributed by atoms with van der Waals surface area (Å²) < 4.78 is 24.2. The van der Waals surface area contributed by atoms with Crippen molar-refractivity contribution in [1.29, 1.82) is 0 Å². The molecule has 28 heavy (non-hydrogen) atoms. The maximum absolute atomic E-state index is 13.0. The molecule has 0 unspecified atom stereocenters. The van der Waals surface area contributed by atoms with Gasteiger partial charge in [0.1, 0.15) is 12.4 Å². The van der Waals surface area contributed by atoms with Gasteiger partial charge < -0.3 is 14.8 Å². The summed E-state index contributed by atoms with van der Waals surface area (Å²) in [4.78, 5) is 17.1. The van der Waals surface area contributed by atoms with Gasteiger partial charge in [-0.1, -0.05) is 18.7 Å². The summed E-state index contributed by atoms with van der Waals surface area (Å²) in [5.74, 6) is 0.641. The predicted molar refractivity (Wildman–Crippen MR) is 111 cm³/mol. The maximum atomic E-state index is 13.0. The molecule has 0 bridgehead atoms. The van der Waals surface area contributed by atoms with Crippen LogP contribution in [0.2, 0.25) is 0 Å². The van der Waals surface area contributed by atoms with Crippen molar-refractivity contribution in [3.63, 3.8) is 0 Å². The highest BCUT2D eigenvalue weighted by atomic mass is 32.2. The number of carbonyl (C=O) groups is 1. The van der Waals surface area contributed by atoms with E-state index in [4.69, 9.17) is 9.47 Å². The molecule has 1 aliphatic heterocycles. The number of amides is 1. The molecule has 3 rings (SSSR count). The first-order valence-electron chi connectivity index (χ1n) is 8.64. The molecule has 1 N–H and O–H groups in total. The van der Waals surface area contributed by atoms with E-state index in [1.54, 1.807) is 30.4 Å². The molecule has 2 aromatic carbocycles. The van der Waals surface area contributed by atoms with Crippen LogP contribution in [-0.2, 0) is 4.79 Å². The molecular formula is C21H19FN2O3S. The van der Waals surface area contributed by atoms with Crippen molar-refractivity contribution in [2.75, 3.05) is 13.2 Å². The molecule has 144 valence electrons. The lowest BCUT2D eigenvalue weighted by Crippen LogP contribution is -2.19. The molecule has 2 aromatic rings. The third-order valence-corrected chi connectivity index (χ3v) is 4.54. The lowest BCUT2D eigenvalue weighted by molar-refractivity contribution is -0.115. The van der Waals surface area contributed by atoms with Crippen LogP contribution in [0.4, 0.5) is 10.1 Å². The van der Waals surface area contributed by atoms with E-state index in [0.717, 1.165) is 5.56 Å². The summed E-state index contributed by atoms with van der Waals surface area (Å²) >= 11 is 1.22. The molecule has 0 radical (unpaired) electrons. The molecule has 7 heteroatoms. The van der Waals surface area contributed by atoms with Gasteiger partial charge in [-0.3, -0.25) is 4.79 Å². The standard InChI is InChI=1S/C21H19FN2O3S/c1-3-11-27-17-10-5-14(12-18(17)26-4-2)13-19-20(25)24-21(28-19)23-16-8-6-15(22)7-9-16/h3,5-10,12-13H,1,4,11H2,2H3,(H,23,24,25). The summed E-state index contributed by atoms with van der Waals surface area (Å²) in [7, 11) is 0. The van der Waals surface area contributed by atoms with E-state index in [2.05, 4.69) is 16.9 Å². The molecule has 1 fully saturated rings. The molecule has 1 amide bonds. The Hall–Kier alpha value is -3.06. The Morgan fingerprint density at radius 1 is 1.18 bits per heavy atom. The molecule has 0 atom stereocenters. The van der Waals surface area contributed by atoms with Crippen LogP contribution in [0.15, 0.2) is 65.0 Å². The molecule has 1 heterocycles. The highest BCUT2D eigenvalue weighted by Gasteiger charge is 2.24. The third-order valence-electron chi connectivity index (χ3n) is 3.63. The van der Waals surface area contributed by atoms with E-state index in [1.165, 1.54) is 23.9 Å². The van der Waals surface area contributed by atoms with Gasteiger partial charge in [0.15, 0.2) is 16.7 Å². The van der Waals surface area contributed by atoms with E-state index in [9.17, 15) is 9.18 Å². The summed E-state index contributed by atoms with van der Waals surface area (Å²) in [5, 5.41) is 3.15. The number of amidine groups is 1. The topological polar surface area (TPSA) is 59.9 Å². The zero-order valence-corrected chi connectivity index (χ0v) is 16.1. The van der Waals surface area contributed by atoms with E-state index < -0.39 is 0 Å². The molecule has 5 nitrogen and oxygen atoms in total. The zero-order valence-electron chi connectivity index (χ0n) is 15.3. The van der Waals surface area contributed by atoms with E-state index in [-0.39, 0.29) is 11.7 Å². The number of halogens is 1. The second-order valence-electron chi connectivity index (χ2n) is 5.70. The fourth-order valence-corrected chi connectivity index (χ4v) is 3.26. The second kappa shape index (κ2) is 9.23. The van der Waals surface area contributed by atoms with Gasteiger partial charge in [0.2, 0.25) is 0 Å². The number of thioether (sulfide) groups is 1. The minimum absolute atomic E-state index is 0.240. The first-order valence-corrected chi connectivity index (χ1v) is 9.46. The van der Waals surface area contributed by atoms with Gasteiger partial charge in [-0.15, -0.1) is 0 Å². The Balaban J connectivity index is 1.80. The highest BCUT2D eigenvalue weighted by Crippen LogP contribution is 2.32. The van der Waals surface area contributed by atoms with Crippen LogP contribution in [0, 0.1) is 5.82 Å². The second-order valence-corrected chi connectivity index (χ2v) is 6.73. The van der Waals surface area contributed by atoms with Crippen LogP contribution in [0.5, 0.6) is 11.5 Å². The van der Waals surface area contributed by atoms with Crippen LogP contribution in [-0.4, -0.2) is 24.3 Å². The summed E-state index contributed by atoms with van der Waals surface area (Å²) in [6.07, 6.45) is 3.42. The average Bonchev–Trinajstić information content (AvgIpc) is 3.02. The largest absolute Gasteiger partial charge is 0.490 e. The van der Waals surface area contributed by atoms with Crippen molar-refractivity contribution in [3.8, 4) is 11.5 Å². The number of nitrogens with zero attached hydrogens (tertiary/aromatic N) is 1. The molecule has 0 spiro atoms. The fraction of sp³-hybridized carbons (Fsp3) is 0.143. The number of ether oxygens (including phenoxy) is 2. The summed E-state index contributed by atoms with van der Waals surface area (Å²) in [6.45, 7) is 6.40. The van der Waals surface area contributed by atoms with Gasteiger partial charge in [-0.25, -0.2) is 9.38 Å². The van der Waals surface area contributed by atoms with Gasteiger partial charge in [0.05, 0.1) is 17.2 Å². The lowest BCUT2D eigenvalue weighted by Gasteiger charge is -2.11. The average molecular weight is 398 g/mol. The van der Waals surface area contributed by atoms with Crippen molar-refractivity contribution in [3.05, 3.63) is 71.4 Å². The molecule has 0 saturated carbocycles. The quantitative estimate of drug-likeness (QED) is 0.543. The normalized spacial score (nSPS) is 16.3. The van der Waals surface area contributed by atoms with Crippen molar-refractivity contribution in [2.45, 2.75) is 6.92 Å². The van der Waals surface area contributed by atoms with E-state index in [0.29, 0.717) is 40.5 Å². The number of nitrogens with one attached hydrogen (secondary N) is 1. The van der Waals surface area contributed by atoms with Crippen molar-refractivity contribution >= 4 is 34.6 Å². The summed E-state index contributed by atoms with van der Waals surface area (Å²) in [6, 6.07) is 11.2. The van der Waals surface area contributed by atoms with Crippen LogP contribution < -0.4 is 14.8 Å². The molecule has 1 aliphatic rings. The number of carbonyl (C=O) groups excluding carboxylic acids is 1. The number of hydrogen-bond acceptors (Lipinski definition) is 5. The van der Waals surface area contributed by atoms with Gasteiger partial charge >= 0.3 is 0 Å². The maximum Gasteiger partial charge on any atom is 0.264 e. The lowest BCUT2D eigenvalue weighted by atomic mass is 10.2. The Labute approximate surface area is 167 Å². The first-order chi connectivity index (χ1) is 13.6.